The van der Waals surface area contributed by atoms with Crippen LogP contribution in [0.4, 0.5) is 5.69 Å². The Kier molecular flexibility index (Phi) is 5.45. The summed E-state index contributed by atoms with van der Waals surface area (Å²) in [5.41, 5.74) is 0.943. The van der Waals surface area contributed by atoms with Crippen molar-refractivity contribution in [1.29, 1.82) is 0 Å². The molecule has 0 spiro atoms. The van der Waals surface area contributed by atoms with Crippen molar-refractivity contribution in [1.82, 2.24) is 0 Å². The summed E-state index contributed by atoms with van der Waals surface area (Å²) in [6.07, 6.45) is 4.35. The summed E-state index contributed by atoms with van der Waals surface area (Å²) in [6, 6.07) is 2.00. The third-order valence-electron chi connectivity index (χ3n) is 4.38. The van der Waals surface area contributed by atoms with Crippen molar-refractivity contribution in [2.75, 3.05) is 18.6 Å². The maximum Gasteiger partial charge on any atom is 0.230 e. The Hall–Kier alpha value is -1.29. The first kappa shape index (κ1) is 16.1. The molecule has 0 unspecified atom stereocenters. The molecule has 4 heteroatoms. The minimum Gasteiger partial charge on any atom is -0.496 e. The molecule has 1 aromatic rings. The number of anilines is 1. The molecular weight excluding hydrogens is 282 g/mol. The SMILES string of the molecule is C=C(OC)c1sccc1N(CC)C(=O)C1CCC(C)CC1. The first-order valence-corrected chi connectivity index (χ1v) is 8.58. The van der Waals surface area contributed by atoms with Crippen molar-refractivity contribution in [3.05, 3.63) is 22.9 Å². The van der Waals surface area contributed by atoms with E-state index >= 15 is 0 Å². The summed E-state index contributed by atoms with van der Waals surface area (Å²) in [7, 11) is 1.62. The summed E-state index contributed by atoms with van der Waals surface area (Å²) in [6.45, 7) is 8.91. The van der Waals surface area contributed by atoms with Crippen LogP contribution in [-0.2, 0) is 9.53 Å². The number of nitrogens with zero attached hydrogens (tertiary/aromatic N) is 1. The molecule has 1 saturated carbocycles. The number of carbonyl (C=O) groups excluding carboxylic acids is 1. The third kappa shape index (κ3) is 3.49. The fourth-order valence-electron chi connectivity index (χ4n) is 2.99. The lowest BCUT2D eigenvalue weighted by atomic mass is 9.82. The van der Waals surface area contributed by atoms with E-state index in [0.29, 0.717) is 12.3 Å². The predicted molar refractivity (Wildman–Crippen MR) is 89.5 cm³/mol. The Morgan fingerprint density at radius 2 is 2.10 bits per heavy atom. The molecule has 3 nitrogen and oxygen atoms in total. The van der Waals surface area contributed by atoms with E-state index in [1.807, 2.05) is 23.3 Å². The van der Waals surface area contributed by atoms with E-state index in [9.17, 15) is 4.79 Å². The smallest absolute Gasteiger partial charge is 0.230 e. The Morgan fingerprint density at radius 1 is 1.43 bits per heavy atom. The number of thiophene rings is 1. The van der Waals surface area contributed by atoms with Gasteiger partial charge in [0.1, 0.15) is 5.76 Å². The second-order valence-corrected chi connectivity index (χ2v) is 6.72. The number of methoxy groups -OCH3 is 1. The first-order valence-electron chi connectivity index (χ1n) is 7.70. The number of amides is 1. The standard InChI is InChI=1S/C17H25NO2S/c1-5-18(15-10-11-21-16(15)13(3)20-4)17(19)14-8-6-12(2)7-9-14/h10-12,14H,3,5-9H2,1-2,4H3. The van der Waals surface area contributed by atoms with Crippen LogP contribution in [0.5, 0.6) is 0 Å². The number of hydrogen-bond donors (Lipinski definition) is 0. The van der Waals surface area contributed by atoms with Crippen LogP contribution < -0.4 is 4.90 Å². The molecule has 116 valence electrons. The van der Waals surface area contributed by atoms with Crippen molar-refractivity contribution in [2.45, 2.75) is 39.5 Å². The van der Waals surface area contributed by atoms with Gasteiger partial charge in [-0.2, -0.15) is 0 Å². The normalized spacial score (nSPS) is 21.9. The topological polar surface area (TPSA) is 29.5 Å². The molecule has 0 bridgehead atoms. The lowest BCUT2D eigenvalue weighted by Crippen LogP contribution is -2.37. The van der Waals surface area contributed by atoms with Gasteiger partial charge in [-0.05, 0) is 50.0 Å². The molecule has 1 fully saturated rings. The number of hydrogen-bond acceptors (Lipinski definition) is 3. The highest BCUT2D eigenvalue weighted by Crippen LogP contribution is 2.35. The van der Waals surface area contributed by atoms with Crippen molar-refractivity contribution >= 4 is 28.7 Å². The van der Waals surface area contributed by atoms with Gasteiger partial charge in [0.15, 0.2) is 0 Å². The van der Waals surface area contributed by atoms with Gasteiger partial charge < -0.3 is 9.64 Å². The molecule has 1 aromatic heterocycles. The van der Waals surface area contributed by atoms with Gasteiger partial charge in [-0.15, -0.1) is 11.3 Å². The molecule has 1 heterocycles. The van der Waals surface area contributed by atoms with Crippen molar-refractivity contribution < 1.29 is 9.53 Å². The van der Waals surface area contributed by atoms with Gasteiger partial charge in [-0.25, -0.2) is 0 Å². The van der Waals surface area contributed by atoms with E-state index in [1.165, 1.54) is 0 Å². The molecule has 0 saturated heterocycles. The van der Waals surface area contributed by atoms with E-state index in [4.69, 9.17) is 4.74 Å². The zero-order chi connectivity index (χ0) is 15.4. The minimum atomic E-state index is 0.171. The molecule has 1 amide bonds. The average molecular weight is 307 g/mol. The second-order valence-electron chi connectivity index (χ2n) is 5.80. The van der Waals surface area contributed by atoms with Gasteiger partial charge in [-0.3, -0.25) is 4.79 Å². The van der Waals surface area contributed by atoms with Gasteiger partial charge in [0.2, 0.25) is 5.91 Å². The quantitative estimate of drug-likeness (QED) is 0.747. The molecule has 2 rings (SSSR count). The lowest BCUT2D eigenvalue weighted by molar-refractivity contribution is -0.123. The van der Waals surface area contributed by atoms with Gasteiger partial charge >= 0.3 is 0 Å². The summed E-state index contributed by atoms with van der Waals surface area (Å²) in [4.78, 5) is 15.7. The van der Waals surface area contributed by atoms with Crippen LogP contribution in [0.2, 0.25) is 0 Å². The van der Waals surface area contributed by atoms with Crippen LogP contribution in [-0.4, -0.2) is 19.6 Å². The Labute approximate surface area is 131 Å². The van der Waals surface area contributed by atoms with Gasteiger partial charge in [0, 0.05) is 12.5 Å². The fraction of sp³-hybridized carbons (Fsp3) is 0.588. The highest BCUT2D eigenvalue weighted by Gasteiger charge is 2.29. The van der Waals surface area contributed by atoms with E-state index in [1.54, 1.807) is 18.4 Å². The highest BCUT2D eigenvalue weighted by molar-refractivity contribution is 7.11. The van der Waals surface area contributed by atoms with Crippen LogP contribution >= 0.6 is 11.3 Å². The van der Waals surface area contributed by atoms with Gasteiger partial charge in [0.05, 0.1) is 17.7 Å². The van der Waals surface area contributed by atoms with Crippen LogP contribution in [0.15, 0.2) is 18.0 Å². The molecule has 21 heavy (non-hydrogen) atoms. The summed E-state index contributed by atoms with van der Waals surface area (Å²) < 4.78 is 5.25. The van der Waals surface area contributed by atoms with Crippen LogP contribution in [0.3, 0.4) is 0 Å². The Morgan fingerprint density at radius 3 is 2.67 bits per heavy atom. The average Bonchev–Trinajstić information content (AvgIpc) is 2.97. The maximum absolute atomic E-state index is 12.9. The van der Waals surface area contributed by atoms with Crippen LogP contribution in [0.1, 0.15) is 44.4 Å². The summed E-state index contributed by atoms with van der Waals surface area (Å²) in [5, 5.41) is 1.99. The minimum absolute atomic E-state index is 0.171. The molecule has 0 radical (unpaired) electrons. The zero-order valence-corrected chi connectivity index (χ0v) is 14.0. The van der Waals surface area contributed by atoms with E-state index in [2.05, 4.69) is 13.5 Å². The van der Waals surface area contributed by atoms with Crippen LogP contribution in [0, 0.1) is 11.8 Å². The highest BCUT2D eigenvalue weighted by atomic mass is 32.1. The summed E-state index contributed by atoms with van der Waals surface area (Å²) in [5.74, 6) is 1.82. The van der Waals surface area contributed by atoms with Crippen molar-refractivity contribution in [3.8, 4) is 0 Å². The number of carbonyl (C=O) groups is 1. The predicted octanol–water partition coefficient (Wildman–Crippen LogP) is 4.54. The van der Waals surface area contributed by atoms with Gasteiger partial charge in [0.25, 0.3) is 0 Å². The molecule has 0 aliphatic heterocycles. The monoisotopic (exact) mass is 307 g/mol. The number of ether oxygens (including phenoxy) is 1. The molecule has 1 aliphatic carbocycles. The molecule has 1 aliphatic rings. The Bertz CT molecular complexity index is 501. The van der Waals surface area contributed by atoms with Crippen molar-refractivity contribution in [2.24, 2.45) is 11.8 Å². The van der Waals surface area contributed by atoms with E-state index in [0.717, 1.165) is 42.2 Å². The molecule has 0 aromatic carbocycles. The number of rotatable bonds is 5. The lowest BCUT2D eigenvalue weighted by Gasteiger charge is -2.30. The van der Waals surface area contributed by atoms with Gasteiger partial charge in [-0.1, -0.05) is 13.5 Å². The zero-order valence-electron chi connectivity index (χ0n) is 13.2. The van der Waals surface area contributed by atoms with Crippen LogP contribution in [0.25, 0.3) is 5.76 Å². The molecule has 0 N–H and O–H groups in total. The molecule has 0 atom stereocenters. The second kappa shape index (κ2) is 7.12. The van der Waals surface area contributed by atoms with E-state index < -0.39 is 0 Å². The van der Waals surface area contributed by atoms with E-state index in [-0.39, 0.29) is 11.8 Å². The van der Waals surface area contributed by atoms with Crippen molar-refractivity contribution in [3.63, 3.8) is 0 Å². The summed E-state index contributed by atoms with van der Waals surface area (Å²) >= 11 is 1.57. The molecular formula is C17H25NO2S. The fourth-order valence-corrected chi connectivity index (χ4v) is 3.84. The largest absolute Gasteiger partial charge is 0.496 e. The maximum atomic E-state index is 12.9. The first-order chi connectivity index (χ1) is 10.1. The Balaban J connectivity index is 2.18. The third-order valence-corrected chi connectivity index (χ3v) is 5.33.